The van der Waals surface area contributed by atoms with E-state index in [1.54, 1.807) is 6.07 Å². The second kappa shape index (κ2) is 3.77. The lowest BCUT2D eigenvalue weighted by atomic mass is 10.4. The Balaban J connectivity index is 2.12. The number of thiophene rings is 1. The van der Waals surface area contributed by atoms with Gasteiger partial charge in [-0.2, -0.15) is 0 Å². The number of amides is 1. The van der Waals surface area contributed by atoms with Crippen LogP contribution in [0.25, 0.3) is 0 Å². The second-order valence-corrected chi connectivity index (χ2v) is 5.16. The van der Waals surface area contributed by atoms with Crippen LogP contribution in [0.4, 0.5) is 0 Å². The molecule has 0 radical (unpaired) electrons. The SMILES string of the molecule is O=C(c1ccc(Br)s1)N1CCCO1. The monoisotopic (exact) mass is 261 g/mol. The molecule has 1 saturated heterocycles. The van der Waals surface area contributed by atoms with Gasteiger partial charge in [-0.1, -0.05) is 0 Å². The highest BCUT2D eigenvalue weighted by Crippen LogP contribution is 2.24. The molecular weight excluding hydrogens is 254 g/mol. The Morgan fingerprint density at radius 3 is 3.00 bits per heavy atom. The zero-order valence-electron chi connectivity index (χ0n) is 6.83. The lowest BCUT2D eigenvalue weighted by Gasteiger charge is -2.11. The molecule has 1 amide bonds. The van der Waals surface area contributed by atoms with Gasteiger partial charge in [0.2, 0.25) is 0 Å². The van der Waals surface area contributed by atoms with Gasteiger partial charge in [-0.3, -0.25) is 9.63 Å². The van der Waals surface area contributed by atoms with Gasteiger partial charge in [0.25, 0.3) is 5.91 Å². The first-order valence-corrected chi connectivity index (χ1v) is 5.58. The fraction of sp³-hybridized carbons (Fsp3) is 0.375. The number of halogens is 1. The maximum atomic E-state index is 11.7. The molecule has 0 N–H and O–H groups in total. The lowest BCUT2D eigenvalue weighted by molar-refractivity contribution is -0.0765. The molecule has 0 bridgehead atoms. The quantitative estimate of drug-likeness (QED) is 0.777. The number of hydrogen-bond acceptors (Lipinski definition) is 3. The van der Waals surface area contributed by atoms with Crippen molar-refractivity contribution in [2.45, 2.75) is 6.42 Å². The Labute approximate surface area is 88.4 Å². The van der Waals surface area contributed by atoms with Crippen LogP contribution in [-0.2, 0) is 4.84 Å². The summed E-state index contributed by atoms with van der Waals surface area (Å²) in [7, 11) is 0. The van der Waals surface area contributed by atoms with Crippen molar-refractivity contribution < 1.29 is 9.63 Å². The molecule has 2 heterocycles. The maximum absolute atomic E-state index is 11.7. The van der Waals surface area contributed by atoms with Crippen LogP contribution in [-0.4, -0.2) is 24.1 Å². The van der Waals surface area contributed by atoms with Gasteiger partial charge in [0, 0.05) is 0 Å². The molecule has 5 heteroatoms. The van der Waals surface area contributed by atoms with Crippen LogP contribution >= 0.6 is 27.3 Å². The first kappa shape index (κ1) is 9.18. The topological polar surface area (TPSA) is 29.5 Å². The van der Waals surface area contributed by atoms with Crippen LogP contribution in [0.2, 0.25) is 0 Å². The molecule has 1 aliphatic heterocycles. The number of carbonyl (C=O) groups is 1. The van der Waals surface area contributed by atoms with Crippen molar-refractivity contribution in [2.75, 3.05) is 13.2 Å². The minimum atomic E-state index is -0.0341. The van der Waals surface area contributed by atoms with Crippen LogP contribution < -0.4 is 0 Å². The summed E-state index contributed by atoms with van der Waals surface area (Å²) >= 11 is 4.74. The lowest BCUT2D eigenvalue weighted by Crippen LogP contribution is -2.25. The largest absolute Gasteiger partial charge is 0.287 e. The van der Waals surface area contributed by atoms with Crippen molar-refractivity contribution in [3.05, 3.63) is 20.8 Å². The number of nitrogens with zero attached hydrogens (tertiary/aromatic N) is 1. The summed E-state index contributed by atoms with van der Waals surface area (Å²) in [4.78, 5) is 17.5. The molecule has 3 nitrogen and oxygen atoms in total. The molecule has 2 rings (SSSR count). The van der Waals surface area contributed by atoms with E-state index in [2.05, 4.69) is 15.9 Å². The summed E-state index contributed by atoms with van der Waals surface area (Å²) in [6, 6.07) is 3.67. The highest BCUT2D eigenvalue weighted by molar-refractivity contribution is 9.11. The standard InChI is InChI=1S/C8H8BrNO2S/c9-7-3-2-6(13-7)8(11)10-4-1-5-12-10/h2-3H,1,4-5H2. The number of carbonyl (C=O) groups excluding carboxylic acids is 1. The zero-order chi connectivity index (χ0) is 9.26. The molecule has 0 unspecified atom stereocenters. The molecule has 0 atom stereocenters. The fourth-order valence-electron chi connectivity index (χ4n) is 1.16. The van der Waals surface area contributed by atoms with Crippen molar-refractivity contribution in [2.24, 2.45) is 0 Å². The van der Waals surface area contributed by atoms with Crippen molar-refractivity contribution in [3.63, 3.8) is 0 Å². The van der Waals surface area contributed by atoms with E-state index in [4.69, 9.17) is 4.84 Å². The van der Waals surface area contributed by atoms with Crippen LogP contribution in [0.5, 0.6) is 0 Å². The number of hydrogen-bond donors (Lipinski definition) is 0. The highest BCUT2D eigenvalue weighted by Gasteiger charge is 2.21. The minimum absolute atomic E-state index is 0.0341. The van der Waals surface area contributed by atoms with Gasteiger partial charge in [-0.15, -0.1) is 11.3 Å². The van der Waals surface area contributed by atoms with E-state index in [0.29, 0.717) is 18.0 Å². The smallest absolute Gasteiger partial charge is 0.271 e. The van der Waals surface area contributed by atoms with Gasteiger partial charge in [-0.25, -0.2) is 5.06 Å². The highest BCUT2D eigenvalue weighted by atomic mass is 79.9. The molecule has 0 aliphatic carbocycles. The van der Waals surface area contributed by atoms with E-state index >= 15 is 0 Å². The van der Waals surface area contributed by atoms with E-state index in [9.17, 15) is 4.79 Å². The minimum Gasteiger partial charge on any atom is -0.271 e. The van der Waals surface area contributed by atoms with Gasteiger partial charge >= 0.3 is 0 Å². The van der Waals surface area contributed by atoms with Crippen LogP contribution in [0.1, 0.15) is 16.1 Å². The molecule has 1 aliphatic rings. The third-order valence-corrected chi connectivity index (χ3v) is 3.37. The molecule has 1 fully saturated rings. The Morgan fingerprint density at radius 1 is 1.62 bits per heavy atom. The average Bonchev–Trinajstić information content (AvgIpc) is 2.72. The van der Waals surface area contributed by atoms with Crippen molar-refractivity contribution in [1.82, 2.24) is 5.06 Å². The van der Waals surface area contributed by atoms with Gasteiger partial charge < -0.3 is 0 Å². The van der Waals surface area contributed by atoms with E-state index in [0.717, 1.165) is 10.2 Å². The molecular formula is C8H8BrNO2S. The predicted octanol–water partition coefficient (Wildman–Crippen LogP) is 2.29. The first-order valence-electron chi connectivity index (χ1n) is 3.97. The second-order valence-electron chi connectivity index (χ2n) is 2.70. The van der Waals surface area contributed by atoms with Crippen molar-refractivity contribution >= 4 is 33.2 Å². The maximum Gasteiger partial charge on any atom is 0.287 e. The van der Waals surface area contributed by atoms with Crippen LogP contribution in [0.15, 0.2) is 15.9 Å². The zero-order valence-corrected chi connectivity index (χ0v) is 9.23. The summed E-state index contributed by atoms with van der Waals surface area (Å²) in [5.74, 6) is -0.0341. The van der Waals surface area contributed by atoms with Gasteiger partial charge in [0.1, 0.15) is 0 Å². The van der Waals surface area contributed by atoms with Crippen molar-refractivity contribution in [1.29, 1.82) is 0 Å². The van der Waals surface area contributed by atoms with Gasteiger partial charge in [-0.05, 0) is 34.5 Å². The Bertz CT molecular complexity index is 320. The normalized spacial score (nSPS) is 16.5. The summed E-state index contributed by atoms with van der Waals surface area (Å²) in [5.41, 5.74) is 0. The Hall–Kier alpha value is -0.390. The molecule has 0 aromatic carbocycles. The summed E-state index contributed by atoms with van der Waals surface area (Å²) in [6.07, 6.45) is 0.929. The third-order valence-electron chi connectivity index (χ3n) is 1.76. The van der Waals surface area contributed by atoms with Crippen molar-refractivity contribution in [3.8, 4) is 0 Å². The molecule has 1 aromatic heterocycles. The van der Waals surface area contributed by atoms with Gasteiger partial charge in [0.05, 0.1) is 21.8 Å². The van der Waals surface area contributed by atoms with E-state index in [-0.39, 0.29) is 5.91 Å². The van der Waals surface area contributed by atoms with Crippen LogP contribution in [0, 0.1) is 0 Å². The molecule has 0 saturated carbocycles. The summed E-state index contributed by atoms with van der Waals surface area (Å²) < 4.78 is 0.968. The summed E-state index contributed by atoms with van der Waals surface area (Å²) in [6.45, 7) is 1.35. The summed E-state index contributed by atoms with van der Waals surface area (Å²) in [5, 5.41) is 1.43. The van der Waals surface area contributed by atoms with E-state index < -0.39 is 0 Å². The van der Waals surface area contributed by atoms with E-state index in [1.165, 1.54) is 16.4 Å². The number of hydroxylamine groups is 2. The molecule has 0 spiro atoms. The third kappa shape index (κ3) is 1.92. The fourth-order valence-corrected chi connectivity index (χ4v) is 2.49. The molecule has 13 heavy (non-hydrogen) atoms. The van der Waals surface area contributed by atoms with Crippen LogP contribution in [0.3, 0.4) is 0 Å². The van der Waals surface area contributed by atoms with Gasteiger partial charge in [0.15, 0.2) is 0 Å². The Kier molecular flexibility index (Phi) is 2.66. The molecule has 70 valence electrons. The predicted molar refractivity (Wildman–Crippen MR) is 53.6 cm³/mol. The first-order chi connectivity index (χ1) is 6.27. The van der Waals surface area contributed by atoms with E-state index in [1.807, 2.05) is 6.07 Å². The molecule has 1 aromatic rings. The average molecular weight is 262 g/mol. The number of rotatable bonds is 1. The Morgan fingerprint density at radius 2 is 2.46 bits per heavy atom.